The summed E-state index contributed by atoms with van der Waals surface area (Å²) in [7, 11) is -1.53. The number of guanidine groups is 1. The highest BCUT2D eigenvalue weighted by atomic mass is 32.2. The lowest BCUT2D eigenvalue weighted by Gasteiger charge is -2.22. The number of aliphatic imine (C=N–C) groups is 1. The Balaban J connectivity index is 1.60. The number of ether oxygens (including phenoxy) is 1. The van der Waals surface area contributed by atoms with Gasteiger partial charge in [-0.1, -0.05) is 42.5 Å². The van der Waals surface area contributed by atoms with Crippen LogP contribution in [0.4, 0.5) is 0 Å². The first kappa shape index (κ1) is 23.2. The van der Waals surface area contributed by atoms with Crippen LogP contribution in [0.2, 0.25) is 0 Å². The van der Waals surface area contributed by atoms with Gasteiger partial charge in [0.15, 0.2) is 5.96 Å². The molecule has 8 heteroatoms. The van der Waals surface area contributed by atoms with Gasteiger partial charge in [-0.3, -0.25) is 0 Å². The van der Waals surface area contributed by atoms with Crippen LogP contribution in [-0.2, 0) is 27.8 Å². The summed E-state index contributed by atoms with van der Waals surface area (Å²) >= 11 is 0. The van der Waals surface area contributed by atoms with E-state index in [0.717, 1.165) is 37.5 Å². The lowest BCUT2D eigenvalue weighted by Crippen LogP contribution is -2.38. The van der Waals surface area contributed by atoms with Crippen molar-refractivity contribution in [2.45, 2.75) is 43.9 Å². The molecule has 1 atom stereocenters. The van der Waals surface area contributed by atoms with E-state index in [1.54, 1.807) is 12.1 Å². The number of sulfonamides is 1. The molecule has 0 radical (unpaired) electrons. The van der Waals surface area contributed by atoms with Crippen molar-refractivity contribution in [2.75, 3.05) is 26.7 Å². The van der Waals surface area contributed by atoms with Crippen LogP contribution in [-0.4, -0.2) is 52.1 Å². The van der Waals surface area contributed by atoms with E-state index in [1.165, 1.54) is 5.56 Å². The van der Waals surface area contributed by atoms with Gasteiger partial charge in [0.05, 0.1) is 17.5 Å². The largest absolute Gasteiger partial charge is 0.377 e. The summed E-state index contributed by atoms with van der Waals surface area (Å²) < 4.78 is 33.1. The molecule has 0 aliphatic carbocycles. The fourth-order valence-corrected chi connectivity index (χ4v) is 4.50. The van der Waals surface area contributed by atoms with Gasteiger partial charge in [-0.2, -0.15) is 0 Å². The van der Waals surface area contributed by atoms with Gasteiger partial charge < -0.3 is 15.0 Å². The van der Waals surface area contributed by atoms with E-state index < -0.39 is 10.0 Å². The molecule has 0 aromatic heterocycles. The maximum Gasteiger partial charge on any atom is 0.240 e. The van der Waals surface area contributed by atoms with E-state index in [2.05, 4.69) is 27.1 Å². The predicted octanol–water partition coefficient (Wildman–Crippen LogP) is 2.74. The molecule has 7 nitrogen and oxygen atoms in total. The number of nitrogens with zero attached hydrogens (tertiary/aromatic N) is 2. The van der Waals surface area contributed by atoms with Gasteiger partial charge in [0, 0.05) is 33.3 Å². The van der Waals surface area contributed by atoms with Crippen molar-refractivity contribution >= 4 is 16.0 Å². The third kappa shape index (κ3) is 7.05. The Bertz CT molecular complexity index is 941. The lowest BCUT2D eigenvalue weighted by molar-refractivity contribution is 0.114. The van der Waals surface area contributed by atoms with Crippen molar-refractivity contribution in [3.63, 3.8) is 0 Å². The quantitative estimate of drug-likeness (QED) is 0.459. The Morgan fingerprint density at radius 1 is 1.13 bits per heavy atom. The lowest BCUT2D eigenvalue weighted by atomic mass is 10.2. The molecule has 2 aromatic carbocycles. The highest BCUT2D eigenvalue weighted by molar-refractivity contribution is 7.89. The van der Waals surface area contributed by atoms with Crippen LogP contribution in [0.5, 0.6) is 0 Å². The summed E-state index contributed by atoms with van der Waals surface area (Å²) in [6.45, 7) is 5.04. The predicted molar refractivity (Wildman–Crippen MR) is 123 cm³/mol. The number of benzene rings is 2. The zero-order chi connectivity index (χ0) is 22.1. The SMILES string of the molecule is CCNC(=NCc1ccc(S(=O)(=O)NCC2CCCO2)cc1)N(C)Cc1ccccc1. The van der Waals surface area contributed by atoms with Crippen LogP contribution in [0.1, 0.15) is 30.9 Å². The minimum absolute atomic E-state index is 0.0271. The normalized spacial score (nSPS) is 17.0. The summed E-state index contributed by atoms with van der Waals surface area (Å²) in [5, 5.41) is 3.31. The van der Waals surface area contributed by atoms with Crippen LogP contribution >= 0.6 is 0 Å². The minimum Gasteiger partial charge on any atom is -0.377 e. The molecule has 1 aliphatic rings. The van der Waals surface area contributed by atoms with E-state index in [0.29, 0.717) is 19.7 Å². The van der Waals surface area contributed by atoms with Crippen molar-refractivity contribution in [1.82, 2.24) is 14.9 Å². The maximum atomic E-state index is 12.5. The van der Waals surface area contributed by atoms with E-state index in [9.17, 15) is 8.42 Å². The van der Waals surface area contributed by atoms with E-state index in [4.69, 9.17) is 9.73 Å². The maximum absolute atomic E-state index is 12.5. The highest BCUT2D eigenvalue weighted by Crippen LogP contribution is 2.14. The standard InChI is InChI=1S/C23H32N4O3S/c1-3-24-23(27(2)18-20-8-5-4-6-9-20)25-16-19-11-13-22(14-12-19)31(28,29)26-17-21-10-7-15-30-21/h4-6,8-9,11-14,21,26H,3,7,10,15-18H2,1-2H3,(H,24,25). The monoisotopic (exact) mass is 444 g/mol. The van der Waals surface area contributed by atoms with Crippen LogP contribution in [0.3, 0.4) is 0 Å². The van der Waals surface area contributed by atoms with Gasteiger partial charge in [-0.15, -0.1) is 0 Å². The first-order chi connectivity index (χ1) is 15.0. The van der Waals surface area contributed by atoms with Gasteiger partial charge >= 0.3 is 0 Å². The zero-order valence-electron chi connectivity index (χ0n) is 18.3. The Hall–Kier alpha value is -2.42. The molecule has 0 saturated carbocycles. The molecule has 2 N–H and O–H groups in total. The van der Waals surface area contributed by atoms with Crippen molar-refractivity contribution in [1.29, 1.82) is 0 Å². The Kier molecular flexibility index (Phi) is 8.45. The van der Waals surface area contributed by atoms with E-state index in [-0.39, 0.29) is 11.0 Å². The zero-order valence-corrected chi connectivity index (χ0v) is 19.1. The summed E-state index contributed by atoms with van der Waals surface area (Å²) in [5.74, 6) is 0.807. The fraction of sp³-hybridized carbons (Fsp3) is 0.435. The van der Waals surface area contributed by atoms with Gasteiger partial charge in [0.2, 0.25) is 10.0 Å². The molecular formula is C23H32N4O3S. The molecule has 0 amide bonds. The summed E-state index contributed by atoms with van der Waals surface area (Å²) in [5.41, 5.74) is 2.15. The topological polar surface area (TPSA) is 83.0 Å². The molecule has 1 unspecified atom stereocenters. The van der Waals surface area contributed by atoms with Gasteiger partial charge in [-0.05, 0) is 43.0 Å². The van der Waals surface area contributed by atoms with Crippen LogP contribution in [0, 0.1) is 0 Å². The first-order valence-corrected chi connectivity index (χ1v) is 12.2. The van der Waals surface area contributed by atoms with E-state index >= 15 is 0 Å². The molecular weight excluding hydrogens is 412 g/mol. The third-order valence-corrected chi connectivity index (χ3v) is 6.57. The molecule has 0 spiro atoms. The first-order valence-electron chi connectivity index (χ1n) is 10.7. The number of hydrogen-bond acceptors (Lipinski definition) is 4. The average molecular weight is 445 g/mol. The number of hydrogen-bond donors (Lipinski definition) is 2. The van der Waals surface area contributed by atoms with Crippen molar-refractivity contribution < 1.29 is 13.2 Å². The smallest absolute Gasteiger partial charge is 0.240 e. The summed E-state index contributed by atoms with van der Waals surface area (Å²) in [6, 6.07) is 17.1. The Morgan fingerprint density at radius 3 is 2.52 bits per heavy atom. The van der Waals surface area contributed by atoms with Crippen molar-refractivity contribution in [2.24, 2.45) is 4.99 Å². The average Bonchev–Trinajstić information content (AvgIpc) is 3.30. The molecule has 0 bridgehead atoms. The molecule has 1 heterocycles. The van der Waals surface area contributed by atoms with Gasteiger partial charge in [0.1, 0.15) is 0 Å². The molecule has 2 aromatic rings. The van der Waals surface area contributed by atoms with Crippen LogP contribution < -0.4 is 10.0 Å². The third-order valence-electron chi connectivity index (χ3n) is 5.13. The molecule has 1 saturated heterocycles. The van der Waals surface area contributed by atoms with Gasteiger partial charge in [0.25, 0.3) is 0 Å². The van der Waals surface area contributed by atoms with Crippen LogP contribution in [0.15, 0.2) is 64.5 Å². The second-order valence-electron chi connectivity index (χ2n) is 7.64. The highest BCUT2D eigenvalue weighted by Gasteiger charge is 2.20. The molecule has 3 rings (SSSR count). The van der Waals surface area contributed by atoms with Gasteiger partial charge in [-0.25, -0.2) is 18.1 Å². The molecule has 1 aliphatic heterocycles. The fourth-order valence-electron chi connectivity index (χ4n) is 3.43. The second kappa shape index (κ2) is 11.3. The van der Waals surface area contributed by atoms with Crippen molar-refractivity contribution in [3.8, 4) is 0 Å². The Morgan fingerprint density at radius 2 is 1.87 bits per heavy atom. The second-order valence-corrected chi connectivity index (χ2v) is 9.41. The van der Waals surface area contributed by atoms with Crippen LogP contribution in [0.25, 0.3) is 0 Å². The van der Waals surface area contributed by atoms with E-state index in [1.807, 2.05) is 44.3 Å². The summed E-state index contributed by atoms with van der Waals surface area (Å²) in [4.78, 5) is 7.04. The van der Waals surface area contributed by atoms with Crippen molar-refractivity contribution in [3.05, 3.63) is 65.7 Å². The number of nitrogens with one attached hydrogen (secondary N) is 2. The summed E-state index contributed by atoms with van der Waals surface area (Å²) in [6.07, 6.45) is 1.85. The Labute approximate surface area is 185 Å². The number of rotatable bonds is 9. The molecule has 1 fully saturated rings. The molecule has 168 valence electrons. The minimum atomic E-state index is -3.54. The molecule has 31 heavy (non-hydrogen) atoms.